The maximum Gasteiger partial charge on any atom is 0.225 e. The third kappa shape index (κ3) is 3.17. The highest BCUT2D eigenvalue weighted by molar-refractivity contribution is 7.19. The number of nitrogens with zero attached hydrogens (tertiary/aromatic N) is 3. The molecule has 4 rings (SSSR count). The van der Waals surface area contributed by atoms with Crippen molar-refractivity contribution in [3.05, 3.63) is 16.8 Å². The first kappa shape index (κ1) is 16.9. The molecule has 0 radical (unpaired) electrons. The second-order valence-corrected chi connectivity index (χ2v) is 8.53. The zero-order valence-electron chi connectivity index (χ0n) is 14.9. The molecule has 6 heteroatoms. The van der Waals surface area contributed by atoms with Crippen LogP contribution in [0, 0.1) is 0 Å². The fourth-order valence-corrected chi connectivity index (χ4v) is 5.55. The number of ether oxygens (including phenoxy) is 1. The molecule has 2 aliphatic carbocycles. The van der Waals surface area contributed by atoms with Gasteiger partial charge in [0.25, 0.3) is 0 Å². The summed E-state index contributed by atoms with van der Waals surface area (Å²) >= 11 is 1.74. The van der Waals surface area contributed by atoms with Gasteiger partial charge in [0, 0.05) is 17.3 Å². The number of thiophene rings is 1. The average Bonchev–Trinajstić information content (AvgIpc) is 3.16. The van der Waals surface area contributed by atoms with Crippen LogP contribution < -0.4 is 4.74 Å². The van der Waals surface area contributed by atoms with Crippen molar-refractivity contribution in [2.75, 3.05) is 14.1 Å². The molecule has 2 heterocycles. The van der Waals surface area contributed by atoms with Gasteiger partial charge in [-0.2, -0.15) is 0 Å². The summed E-state index contributed by atoms with van der Waals surface area (Å²) in [7, 11) is 4.31. The van der Waals surface area contributed by atoms with Gasteiger partial charge in [-0.1, -0.05) is 0 Å². The maximum atomic E-state index is 11.1. The van der Waals surface area contributed by atoms with Crippen LogP contribution in [-0.4, -0.2) is 47.4 Å². The van der Waals surface area contributed by atoms with Crippen LogP contribution in [0.5, 0.6) is 5.88 Å². The Morgan fingerprint density at radius 3 is 2.76 bits per heavy atom. The van der Waals surface area contributed by atoms with Crippen molar-refractivity contribution in [3.8, 4) is 5.88 Å². The second kappa shape index (κ2) is 7.00. The minimum atomic E-state index is 0.232. The van der Waals surface area contributed by atoms with Crippen molar-refractivity contribution in [2.45, 2.75) is 63.0 Å². The molecule has 1 unspecified atom stereocenters. The van der Waals surface area contributed by atoms with Gasteiger partial charge in [0.2, 0.25) is 5.88 Å². The van der Waals surface area contributed by atoms with Crippen molar-refractivity contribution in [2.24, 2.45) is 0 Å². The SMILES string of the molecule is CN(C)[C@H]1CC[C@H](Oc2ncnc3sc4c(c23)C(CC=O)CC4)CC1. The van der Waals surface area contributed by atoms with Gasteiger partial charge in [-0.05, 0) is 64.1 Å². The molecule has 0 saturated heterocycles. The molecule has 1 saturated carbocycles. The summed E-state index contributed by atoms with van der Waals surface area (Å²) in [5.41, 5.74) is 1.28. The Hall–Kier alpha value is -1.53. The largest absolute Gasteiger partial charge is 0.474 e. The molecule has 2 aromatic rings. The summed E-state index contributed by atoms with van der Waals surface area (Å²) in [6, 6.07) is 0.660. The number of carbonyl (C=O) groups is 1. The van der Waals surface area contributed by atoms with Crippen LogP contribution in [0.4, 0.5) is 0 Å². The Morgan fingerprint density at radius 1 is 1.24 bits per heavy atom. The zero-order chi connectivity index (χ0) is 17.4. The molecule has 25 heavy (non-hydrogen) atoms. The molecular formula is C19H25N3O2S. The van der Waals surface area contributed by atoms with E-state index in [4.69, 9.17) is 4.74 Å². The van der Waals surface area contributed by atoms with Gasteiger partial charge in [-0.25, -0.2) is 9.97 Å². The Balaban J connectivity index is 1.59. The summed E-state index contributed by atoms with van der Waals surface area (Å²) in [6.45, 7) is 0. The number of carbonyl (C=O) groups excluding carboxylic acids is 1. The number of fused-ring (bicyclic) bond motifs is 3. The molecule has 0 bridgehead atoms. The monoisotopic (exact) mass is 359 g/mol. The molecular weight excluding hydrogens is 334 g/mol. The third-order valence-corrected chi connectivity index (χ3v) is 6.90. The number of rotatable bonds is 5. The lowest BCUT2D eigenvalue weighted by Crippen LogP contribution is -2.35. The van der Waals surface area contributed by atoms with E-state index in [0.717, 1.165) is 48.1 Å². The molecule has 0 aromatic carbocycles. The lowest BCUT2D eigenvalue weighted by atomic mass is 9.92. The first-order valence-corrected chi connectivity index (χ1v) is 10.0. The van der Waals surface area contributed by atoms with Gasteiger partial charge in [0.15, 0.2) is 0 Å². The van der Waals surface area contributed by atoms with Gasteiger partial charge in [-0.3, -0.25) is 0 Å². The standard InChI is InChI=1S/C19H25N3O2S/c1-22(2)13-4-6-14(7-5-13)24-18-17-16-12(9-10-23)3-8-15(16)25-19(17)21-11-20-18/h10-14H,3-9H2,1-2H3/t12?,13-,14-. The second-order valence-electron chi connectivity index (χ2n) is 7.45. The quantitative estimate of drug-likeness (QED) is 0.764. The summed E-state index contributed by atoms with van der Waals surface area (Å²) in [4.78, 5) is 24.7. The predicted molar refractivity (Wildman–Crippen MR) is 99.5 cm³/mol. The average molecular weight is 359 g/mol. The van der Waals surface area contributed by atoms with E-state index in [2.05, 4.69) is 29.0 Å². The van der Waals surface area contributed by atoms with Gasteiger partial charge >= 0.3 is 0 Å². The van der Waals surface area contributed by atoms with Crippen LogP contribution in [0.2, 0.25) is 0 Å². The lowest BCUT2D eigenvalue weighted by Gasteiger charge is -2.32. The first-order chi connectivity index (χ1) is 12.2. The lowest BCUT2D eigenvalue weighted by molar-refractivity contribution is -0.108. The van der Waals surface area contributed by atoms with Crippen LogP contribution >= 0.6 is 11.3 Å². The number of hydrogen-bond donors (Lipinski definition) is 0. The van der Waals surface area contributed by atoms with E-state index in [-0.39, 0.29) is 6.10 Å². The van der Waals surface area contributed by atoms with E-state index in [1.807, 2.05) is 0 Å². The Labute approximate surface area is 152 Å². The van der Waals surface area contributed by atoms with Crippen molar-refractivity contribution >= 4 is 27.8 Å². The van der Waals surface area contributed by atoms with Crippen LogP contribution in [0.25, 0.3) is 10.2 Å². The van der Waals surface area contributed by atoms with E-state index in [9.17, 15) is 4.79 Å². The molecule has 0 amide bonds. The van der Waals surface area contributed by atoms with Gasteiger partial charge < -0.3 is 14.4 Å². The maximum absolute atomic E-state index is 11.1. The number of aldehydes is 1. The molecule has 1 atom stereocenters. The van der Waals surface area contributed by atoms with E-state index < -0.39 is 0 Å². The molecule has 134 valence electrons. The summed E-state index contributed by atoms with van der Waals surface area (Å²) < 4.78 is 6.36. The molecule has 2 aliphatic rings. The van der Waals surface area contributed by atoms with Gasteiger partial charge in [-0.15, -0.1) is 11.3 Å². The Bertz CT molecular complexity index is 765. The van der Waals surface area contributed by atoms with E-state index in [1.54, 1.807) is 17.7 Å². The molecule has 5 nitrogen and oxygen atoms in total. The van der Waals surface area contributed by atoms with Gasteiger partial charge in [0.1, 0.15) is 23.5 Å². The highest BCUT2D eigenvalue weighted by Gasteiger charge is 2.31. The summed E-state index contributed by atoms with van der Waals surface area (Å²) in [5, 5.41) is 1.07. The fourth-order valence-electron chi connectivity index (χ4n) is 4.32. The third-order valence-electron chi connectivity index (χ3n) is 5.73. The van der Waals surface area contributed by atoms with E-state index in [1.165, 1.54) is 23.3 Å². The molecule has 0 N–H and O–H groups in total. The van der Waals surface area contributed by atoms with Crippen molar-refractivity contribution < 1.29 is 9.53 Å². The normalized spacial score (nSPS) is 26.1. The molecule has 1 fully saturated rings. The molecule has 0 aliphatic heterocycles. The molecule has 0 spiro atoms. The highest BCUT2D eigenvalue weighted by Crippen LogP contribution is 2.47. The summed E-state index contributed by atoms with van der Waals surface area (Å²) in [5.74, 6) is 1.03. The van der Waals surface area contributed by atoms with E-state index >= 15 is 0 Å². The number of hydrogen-bond acceptors (Lipinski definition) is 6. The Morgan fingerprint density at radius 2 is 2.04 bits per heavy atom. The zero-order valence-corrected chi connectivity index (χ0v) is 15.7. The minimum Gasteiger partial charge on any atom is -0.474 e. The Kier molecular flexibility index (Phi) is 4.73. The summed E-state index contributed by atoms with van der Waals surface area (Å²) in [6.07, 6.45) is 10.0. The van der Waals surface area contributed by atoms with Crippen LogP contribution in [0.3, 0.4) is 0 Å². The predicted octanol–water partition coefficient (Wildman–Crippen LogP) is 3.56. The minimum absolute atomic E-state index is 0.232. The smallest absolute Gasteiger partial charge is 0.225 e. The van der Waals surface area contributed by atoms with Crippen LogP contribution in [0.1, 0.15) is 54.9 Å². The van der Waals surface area contributed by atoms with Gasteiger partial charge in [0.05, 0.1) is 5.39 Å². The van der Waals surface area contributed by atoms with Crippen molar-refractivity contribution in [1.82, 2.24) is 14.9 Å². The first-order valence-electron chi connectivity index (χ1n) is 9.20. The van der Waals surface area contributed by atoms with Crippen LogP contribution in [0.15, 0.2) is 6.33 Å². The van der Waals surface area contributed by atoms with Crippen molar-refractivity contribution in [3.63, 3.8) is 0 Å². The molecule has 2 aromatic heterocycles. The topological polar surface area (TPSA) is 55.3 Å². The number of aryl methyl sites for hydroxylation is 1. The number of aromatic nitrogens is 2. The van der Waals surface area contributed by atoms with Crippen LogP contribution in [-0.2, 0) is 11.2 Å². The fraction of sp³-hybridized carbons (Fsp3) is 0.632. The van der Waals surface area contributed by atoms with E-state index in [0.29, 0.717) is 18.4 Å². The van der Waals surface area contributed by atoms with Crippen molar-refractivity contribution in [1.29, 1.82) is 0 Å². The highest BCUT2D eigenvalue weighted by atomic mass is 32.1.